The second-order valence-electron chi connectivity index (χ2n) is 8.71. The van der Waals surface area contributed by atoms with Crippen molar-refractivity contribution in [3.8, 4) is 0 Å². The van der Waals surface area contributed by atoms with Crippen LogP contribution in [-0.4, -0.2) is 25.2 Å². The van der Waals surface area contributed by atoms with Gasteiger partial charge >= 0.3 is 12.4 Å². The average Bonchev–Trinajstić information content (AvgIpc) is 2.84. The minimum absolute atomic E-state index is 0.00673. The molecule has 0 aliphatic carbocycles. The maximum Gasteiger partial charge on any atom is 0.419 e. The van der Waals surface area contributed by atoms with E-state index in [0.29, 0.717) is 35.4 Å². The highest BCUT2D eigenvalue weighted by Crippen LogP contribution is 2.36. The van der Waals surface area contributed by atoms with E-state index in [1.54, 1.807) is 6.07 Å². The lowest BCUT2D eigenvalue weighted by Gasteiger charge is -2.30. The van der Waals surface area contributed by atoms with E-state index in [1.165, 1.54) is 6.07 Å². The summed E-state index contributed by atoms with van der Waals surface area (Å²) in [7, 11) is -4.14. The first-order valence-corrected chi connectivity index (χ1v) is 13.0. The highest BCUT2D eigenvalue weighted by molar-refractivity contribution is 7.89. The molecule has 0 fully saturated rings. The largest absolute Gasteiger partial charge is 0.419 e. The Kier molecular flexibility index (Phi) is 7.71. The van der Waals surface area contributed by atoms with Crippen molar-refractivity contribution < 1.29 is 43.9 Å². The van der Waals surface area contributed by atoms with E-state index in [9.17, 15) is 43.9 Å². The number of alkyl halides is 6. The molecule has 0 atom stereocenters. The molecule has 0 saturated carbocycles. The van der Waals surface area contributed by atoms with E-state index >= 15 is 0 Å². The smallest absolute Gasteiger partial charge is 0.324 e. The Balaban J connectivity index is 1.51. The molecule has 0 radical (unpaired) electrons. The van der Waals surface area contributed by atoms with E-state index in [-0.39, 0.29) is 40.7 Å². The lowest BCUT2D eigenvalue weighted by Crippen LogP contribution is -2.36. The Labute approximate surface area is 223 Å². The zero-order valence-corrected chi connectivity index (χ0v) is 21.2. The van der Waals surface area contributed by atoms with Gasteiger partial charge in [-0.2, -0.15) is 30.6 Å². The van der Waals surface area contributed by atoms with Crippen LogP contribution in [0.25, 0.3) is 0 Å². The lowest BCUT2D eigenvalue weighted by atomic mass is 9.98. The average molecular weight is 595 g/mol. The first-order chi connectivity index (χ1) is 18.1. The molecule has 39 heavy (non-hydrogen) atoms. The third-order valence-electron chi connectivity index (χ3n) is 6.10. The highest BCUT2D eigenvalue weighted by Gasteiger charge is 2.35. The number of benzene rings is 3. The van der Waals surface area contributed by atoms with Crippen LogP contribution >= 0.6 is 11.6 Å². The van der Waals surface area contributed by atoms with Crippen molar-refractivity contribution in [1.29, 1.82) is 0 Å². The van der Waals surface area contributed by atoms with Gasteiger partial charge in [-0.05, 0) is 65.6 Å². The summed E-state index contributed by atoms with van der Waals surface area (Å²) in [6.45, 7) is -0.216. The van der Waals surface area contributed by atoms with Crippen LogP contribution in [0.2, 0.25) is 5.02 Å². The number of hydrogen-bond donors (Lipinski definition) is 1. The molecular formula is C25H18ClF7N2O3S. The molecular weight excluding hydrogens is 577 g/mol. The Bertz CT molecular complexity index is 1520. The number of carbonyl (C=O) groups is 1. The molecule has 0 saturated heterocycles. The van der Waals surface area contributed by atoms with Crippen molar-refractivity contribution in [2.75, 3.05) is 11.9 Å². The Morgan fingerprint density at radius 2 is 1.62 bits per heavy atom. The summed E-state index contributed by atoms with van der Waals surface area (Å²) in [4.78, 5) is 12.3. The number of nitrogens with one attached hydrogen (secondary N) is 1. The van der Waals surface area contributed by atoms with Crippen LogP contribution in [0.4, 0.5) is 36.4 Å². The number of hydrogen-bond acceptors (Lipinski definition) is 3. The van der Waals surface area contributed by atoms with Crippen LogP contribution in [0.1, 0.15) is 27.8 Å². The van der Waals surface area contributed by atoms with Gasteiger partial charge in [-0.1, -0.05) is 23.7 Å². The summed E-state index contributed by atoms with van der Waals surface area (Å²) in [5, 5.41) is 2.69. The predicted octanol–water partition coefficient (Wildman–Crippen LogP) is 6.44. The van der Waals surface area contributed by atoms with Gasteiger partial charge in [-0.3, -0.25) is 4.79 Å². The minimum Gasteiger partial charge on any atom is -0.324 e. The van der Waals surface area contributed by atoms with Crippen LogP contribution in [-0.2, 0) is 46.6 Å². The molecule has 14 heteroatoms. The maximum atomic E-state index is 13.9. The number of halogens is 8. The van der Waals surface area contributed by atoms with Crippen molar-refractivity contribution >= 4 is 33.2 Å². The second kappa shape index (κ2) is 10.4. The summed E-state index contributed by atoms with van der Waals surface area (Å²) >= 11 is 6.25. The summed E-state index contributed by atoms with van der Waals surface area (Å²) in [6.07, 6.45) is -9.85. The normalized spacial score (nSPS) is 14.7. The summed E-state index contributed by atoms with van der Waals surface area (Å²) in [5.74, 6) is -2.21. The van der Waals surface area contributed by atoms with Crippen molar-refractivity contribution in [2.45, 2.75) is 36.6 Å². The number of anilines is 1. The van der Waals surface area contributed by atoms with Crippen molar-refractivity contribution in [1.82, 2.24) is 4.31 Å². The lowest BCUT2D eigenvalue weighted by molar-refractivity contribution is -0.140. The first-order valence-electron chi connectivity index (χ1n) is 11.2. The van der Waals surface area contributed by atoms with Gasteiger partial charge in [-0.15, -0.1) is 0 Å². The topological polar surface area (TPSA) is 66.5 Å². The number of sulfonamides is 1. The van der Waals surface area contributed by atoms with Crippen LogP contribution in [0.15, 0.2) is 59.5 Å². The quantitative estimate of drug-likeness (QED) is 0.346. The summed E-state index contributed by atoms with van der Waals surface area (Å²) in [6, 6.07) is 8.24. The predicted molar refractivity (Wildman–Crippen MR) is 128 cm³/mol. The molecule has 0 spiro atoms. The van der Waals surface area contributed by atoms with E-state index in [1.807, 2.05) is 0 Å². The van der Waals surface area contributed by atoms with Gasteiger partial charge in [0, 0.05) is 13.1 Å². The Morgan fingerprint density at radius 3 is 2.21 bits per heavy atom. The number of nitrogens with zero attached hydrogens (tertiary/aromatic N) is 1. The van der Waals surface area contributed by atoms with Gasteiger partial charge in [-0.25, -0.2) is 12.8 Å². The van der Waals surface area contributed by atoms with Crippen LogP contribution in [0.5, 0.6) is 0 Å². The van der Waals surface area contributed by atoms with E-state index in [2.05, 4.69) is 5.32 Å². The molecule has 0 aromatic heterocycles. The third-order valence-corrected chi connectivity index (χ3v) is 8.28. The van der Waals surface area contributed by atoms with E-state index in [4.69, 9.17) is 11.6 Å². The monoisotopic (exact) mass is 594 g/mol. The zero-order valence-electron chi connectivity index (χ0n) is 19.6. The fraction of sp³-hybridized carbons (Fsp3) is 0.240. The minimum atomic E-state index is -4.88. The fourth-order valence-corrected chi connectivity index (χ4v) is 5.82. The molecule has 0 unspecified atom stereocenters. The molecule has 1 heterocycles. The van der Waals surface area contributed by atoms with Crippen molar-refractivity contribution in [3.63, 3.8) is 0 Å². The second-order valence-corrected chi connectivity index (χ2v) is 11.1. The van der Waals surface area contributed by atoms with Crippen LogP contribution < -0.4 is 5.32 Å². The van der Waals surface area contributed by atoms with Gasteiger partial charge in [0.25, 0.3) is 0 Å². The molecule has 4 rings (SSSR count). The number of fused-ring (bicyclic) bond motifs is 1. The fourth-order valence-electron chi connectivity index (χ4n) is 4.17. The number of carbonyl (C=O) groups excluding carboxylic acids is 1. The summed E-state index contributed by atoms with van der Waals surface area (Å²) < 4.78 is 118. The van der Waals surface area contributed by atoms with E-state index in [0.717, 1.165) is 22.5 Å². The number of amides is 1. The van der Waals surface area contributed by atoms with Gasteiger partial charge < -0.3 is 5.32 Å². The number of rotatable bonds is 5. The maximum absolute atomic E-state index is 13.9. The molecule has 5 nitrogen and oxygen atoms in total. The SMILES string of the molecule is O=C(Cc1ccc(C(F)(F)F)c(F)c1)Nc1c(Cl)ccc2c1CCN(S(=O)(=O)c1ccc(C(F)(F)F)cc1)C2. The van der Waals surface area contributed by atoms with Gasteiger partial charge in [0.05, 0.1) is 33.2 Å². The molecule has 1 amide bonds. The highest BCUT2D eigenvalue weighted by atomic mass is 35.5. The molecule has 0 bridgehead atoms. The van der Waals surface area contributed by atoms with Crippen molar-refractivity contribution in [3.05, 3.63) is 93.3 Å². The van der Waals surface area contributed by atoms with E-state index < -0.39 is 51.6 Å². The van der Waals surface area contributed by atoms with Gasteiger partial charge in [0.2, 0.25) is 15.9 Å². The summed E-state index contributed by atoms with van der Waals surface area (Å²) in [5.41, 5.74) is -1.27. The van der Waals surface area contributed by atoms with Crippen molar-refractivity contribution in [2.24, 2.45) is 0 Å². The standard InChI is InChI=1S/C25H18ClF7N2O3S/c26-20-8-2-15-13-35(39(37,38)17-5-3-16(4-6-17)24(28,29)30)10-9-18(15)23(20)34-22(36)12-14-1-7-19(21(27)11-14)25(31,32)33/h1-8,11H,9-10,12-13H2,(H,34,36). The Hall–Kier alpha value is -3.16. The van der Waals surface area contributed by atoms with Gasteiger partial charge in [0.1, 0.15) is 5.82 Å². The van der Waals surface area contributed by atoms with Gasteiger partial charge in [0.15, 0.2) is 0 Å². The molecule has 1 N–H and O–H groups in total. The Morgan fingerprint density at radius 1 is 0.949 bits per heavy atom. The van der Waals surface area contributed by atoms with Crippen LogP contribution in [0, 0.1) is 5.82 Å². The first kappa shape index (κ1) is 28.8. The molecule has 3 aromatic rings. The molecule has 1 aliphatic heterocycles. The third kappa shape index (κ3) is 6.20. The zero-order chi connectivity index (χ0) is 28.8. The molecule has 1 aliphatic rings. The van der Waals surface area contributed by atoms with Crippen LogP contribution in [0.3, 0.4) is 0 Å². The molecule has 208 valence electrons. The molecule has 3 aromatic carbocycles.